The van der Waals surface area contributed by atoms with Crippen molar-refractivity contribution in [2.24, 2.45) is 11.5 Å². The number of nitrogens with two attached hydrogens (primary N) is 2. The molecule has 0 unspecified atom stereocenters. The predicted octanol–water partition coefficient (Wildman–Crippen LogP) is 3.42. The highest BCUT2D eigenvalue weighted by Crippen LogP contribution is 2.27. The van der Waals surface area contributed by atoms with Crippen molar-refractivity contribution in [2.45, 2.75) is 20.3 Å². The van der Waals surface area contributed by atoms with Crippen LogP contribution in [0.15, 0.2) is 58.7 Å². The van der Waals surface area contributed by atoms with Gasteiger partial charge in [-0.2, -0.15) is 0 Å². The Balaban J connectivity index is 4.44. The van der Waals surface area contributed by atoms with E-state index >= 15 is 0 Å². The Morgan fingerprint density at radius 2 is 1.81 bits per heavy atom. The topological polar surface area (TPSA) is 52.0 Å². The van der Waals surface area contributed by atoms with E-state index in [4.69, 9.17) is 11.5 Å². The molecule has 4 N–H and O–H groups in total. The minimum Gasteiger partial charge on any atom is -0.402 e. The van der Waals surface area contributed by atoms with Crippen molar-refractivity contribution in [1.82, 2.24) is 0 Å². The molecule has 0 aliphatic carbocycles. The summed E-state index contributed by atoms with van der Waals surface area (Å²) in [6.45, 7) is 11.5. The van der Waals surface area contributed by atoms with Crippen molar-refractivity contribution in [3.05, 3.63) is 58.7 Å². The van der Waals surface area contributed by atoms with Crippen LogP contribution in [0.5, 0.6) is 0 Å². The number of hydrogen-bond donors (Lipinski definition) is 2. The maximum atomic E-state index is 5.57. The van der Waals surface area contributed by atoms with E-state index in [-0.39, 0.29) is 0 Å². The van der Waals surface area contributed by atoms with E-state index < -0.39 is 0 Å². The van der Waals surface area contributed by atoms with Crippen molar-refractivity contribution in [3.8, 4) is 0 Å². The van der Waals surface area contributed by atoms with E-state index in [2.05, 4.69) is 20.1 Å². The van der Waals surface area contributed by atoms with Crippen LogP contribution in [0.1, 0.15) is 20.3 Å². The Labute approximate surface area is 102 Å². The zero-order chi connectivity index (χ0) is 12.6. The molecule has 0 aromatic heterocycles. The Morgan fingerprint density at radius 3 is 2.25 bits per heavy atom. The Hall–Kier alpha value is -1.35. The minimum atomic E-state index is 0.529. The second kappa shape index (κ2) is 7.88. The molecular formula is C13H20N2S. The average Bonchev–Trinajstić information content (AvgIpc) is 2.20. The van der Waals surface area contributed by atoms with E-state index in [1.165, 1.54) is 4.91 Å². The van der Waals surface area contributed by atoms with Crippen LogP contribution in [0.4, 0.5) is 0 Å². The third kappa shape index (κ3) is 8.00. The predicted molar refractivity (Wildman–Crippen MR) is 75.5 cm³/mol. The summed E-state index contributed by atoms with van der Waals surface area (Å²) in [5.41, 5.74) is 12.3. The molecule has 0 bridgehead atoms. The van der Waals surface area contributed by atoms with Gasteiger partial charge in [0.1, 0.15) is 0 Å². The Bertz CT molecular complexity index is 345. The van der Waals surface area contributed by atoms with Crippen LogP contribution in [0.2, 0.25) is 0 Å². The first-order valence-corrected chi connectivity index (χ1v) is 5.89. The number of thioether (sulfide) groups is 1. The minimum absolute atomic E-state index is 0.529. The first kappa shape index (κ1) is 14.6. The zero-order valence-corrected chi connectivity index (χ0v) is 10.8. The largest absolute Gasteiger partial charge is 0.402 e. The summed E-state index contributed by atoms with van der Waals surface area (Å²) in [6.07, 6.45) is 8.45. The van der Waals surface area contributed by atoms with Crippen LogP contribution in [0.25, 0.3) is 0 Å². The maximum Gasteiger partial charge on any atom is 0.0241 e. The summed E-state index contributed by atoms with van der Waals surface area (Å²) in [6, 6.07) is 0. The summed E-state index contributed by atoms with van der Waals surface area (Å²) in [5.74, 6) is 0. The SMILES string of the molecule is C=C(N)/C=C\C(=C)S/C(=C/C=C(\C)N)CC. The fraction of sp³-hybridized carbons (Fsp3) is 0.231. The van der Waals surface area contributed by atoms with Crippen LogP contribution >= 0.6 is 11.8 Å². The normalized spacial score (nSPS) is 13.1. The van der Waals surface area contributed by atoms with E-state index in [1.807, 2.05) is 25.2 Å². The third-order valence-corrected chi connectivity index (χ3v) is 2.71. The first-order chi connectivity index (χ1) is 7.45. The number of hydrogen-bond acceptors (Lipinski definition) is 3. The molecule has 0 spiro atoms. The Morgan fingerprint density at radius 1 is 1.19 bits per heavy atom. The molecule has 0 radical (unpaired) electrons. The molecule has 0 rings (SSSR count). The molecule has 0 saturated carbocycles. The monoisotopic (exact) mass is 236 g/mol. The molecule has 2 nitrogen and oxygen atoms in total. The van der Waals surface area contributed by atoms with Gasteiger partial charge < -0.3 is 11.5 Å². The summed E-state index contributed by atoms with van der Waals surface area (Å²) >= 11 is 1.61. The summed E-state index contributed by atoms with van der Waals surface area (Å²) in [5, 5.41) is 0. The molecule has 0 atom stereocenters. The van der Waals surface area contributed by atoms with E-state index in [1.54, 1.807) is 17.8 Å². The molecule has 16 heavy (non-hydrogen) atoms. The average molecular weight is 236 g/mol. The van der Waals surface area contributed by atoms with E-state index in [0.29, 0.717) is 5.70 Å². The zero-order valence-electron chi connectivity index (χ0n) is 9.99. The molecule has 0 amide bonds. The fourth-order valence-electron chi connectivity index (χ4n) is 0.851. The maximum absolute atomic E-state index is 5.57. The summed E-state index contributed by atoms with van der Waals surface area (Å²) in [7, 11) is 0. The van der Waals surface area contributed by atoms with Crippen LogP contribution in [0.3, 0.4) is 0 Å². The molecule has 3 heteroatoms. The highest BCUT2D eigenvalue weighted by Gasteiger charge is 1.96. The molecule has 0 fully saturated rings. The number of rotatable bonds is 6. The van der Waals surface area contributed by atoms with Gasteiger partial charge in [0.15, 0.2) is 0 Å². The van der Waals surface area contributed by atoms with Crippen LogP contribution in [0, 0.1) is 0 Å². The van der Waals surface area contributed by atoms with Gasteiger partial charge >= 0.3 is 0 Å². The lowest BCUT2D eigenvalue weighted by Crippen LogP contribution is -1.89. The van der Waals surface area contributed by atoms with Crippen LogP contribution < -0.4 is 11.5 Å². The lowest BCUT2D eigenvalue weighted by molar-refractivity contribution is 1.20. The van der Waals surface area contributed by atoms with E-state index in [0.717, 1.165) is 17.0 Å². The summed E-state index contributed by atoms with van der Waals surface area (Å²) in [4.78, 5) is 2.14. The molecule has 0 aromatic carbocycles. The molecule has 88 valence electrons. The van der Waals surface area contributed by atoms with Gasteiger partial charge in [0.05, 0.1) is 0 Å². The van der Waals surface area contributed by atoms with Gasteiger partial charge in [0.2, 0.25) is 0 Å². The standard InChI is InChI=1S/C13H20N2S/c1-5-13(9-7-11(3)15)16-12(4)8-6-10(2)14/h6-9H,2,4-5,14-15H2,1,3H3/b8-6-,11-7+,13-9+. The highest BCUT2D eigenvalue weighted by atomic mass is 32.2. The lowest BCUT2D eigenvalue weighted by Gasteiger charge is -2.03. The Kier molecular flexibility index (Phi) is 7.21. The van der Waals surface area contributed by atoms with Gasteiger partial charge in [-0.1, -0.05) is 37.9 Å². The molecule has 0 saturated heterocycles. The van der Waals surface area contributed by atoms with Gasteiger partial charge in [-0.15, -0.1) is 0 Å². The van der Waals surface area contributed by atoms with Gasteiger partial charge in [-0.25, -0.2) is 0 Å². The van der Waals surface area contributed by atoms with Crippen LogP contribution in [-0.4, -0.2) is 0 Å². The van der Waals surface area contributed by atoms with Gasteiger partial charge in [-0.3, -0.25) is 0 Å². The van der Waals surface area contributed by atoms with Gasteiger partial charge in [-0.05, 0) is 36.5 Å². The van der Waals surface area contributed by atoms with Crippen molar-refractivity contribution in [1.29, 1.82) is 0 Å². The second-order valence-electron chi connectivity index (χ2n) is 3.37. The highest BCUT2D eigenvalue weighted by molar-refractivity contribution is 8.06. The third-order valence-electron chi connectivity index (χ3n) is 1.63. The number of allylic oxidation sites excluding steroid dienone is 6. The van der Waals surface area contributed by atoms with Crippen molar-refractivity contribution in [2.75, 3.05) is 0 Å². The van der Waals surface area contributed by atoms with Crippen molar-refractivity contribution in [3.63, 3.8) is 0 Å². The molecular weight excluding hydrogens is 216 g/mol. The van der Waals surface area contributed by atoms with Gasteiger partial charge in [0.25, 0.3) is 0 Å². The lowest BCUT2D eigenvalue weighted by atomic mass is 10.3. The molecule has 0 aliphatic heterocycles. The van der Waals surface area contributed by atoms with Crippen molar-refractivity contribution < 1.29 is 0 Å². The molecule has 0 heterocycles. The first-order valence-electron chi connectivity index (χ1n) is 5.07. The fourth-order valence-corrected chi connectivity index (χ4v) is 1.60. The smallest absolute Gasteiger partial charge is 0.0241 e. The molecule has 0 aliphatic rings. The molecule has 0 aromatic rings. The van der Waals surface area contributed by atoms with Gasteiger partial charge in [0, 0.05) is 16.3 Å². The second-order valence-corrected chi connectivity index (χ2v) is 4.63. The summed E-state index contributed by atoms with van der Waals surface area (Å²) < 4.78 is 0. The van der Waals surface area contributed by atoms with E-state index in [9.17, 15) is 0 Å². The van der Waals surface area contributed by atoms with Crippen molar-refractivity contribution >= 4 is 11.8 Å². The van der Waals surface area contributed by atoms with Crippen LogP contribution in [-0.2, 0) is 0 Å². The quantitative estimate of drug-likeness (QED) is 0.695.